The highest BCUT2D eigenvalue weighted by Crippen LogP contribution is 2.32. The minimum Gasteiger partial charge on any atom is -0.494 e. The molecule has 23 heteroatoms. The number of carbonyl (C=O) groups excluding carboxylic acids is 4. The smallest absolute Gasteiger partial charge is 0.494 e. The summed E-state index contributed by atoms with van der Waals surface area (Å²) in [5.41, 5.74) is 1.55. The van der Waals surface area contributed by atoms with Gasteiger partial charge in [-0.05, 0) is 17.7 Å². The first-order valence-corrected chi connectivity index (χ1v) is 20.6. The van der Waals surface area contributed by atoms with Crippen molar-refractivity contribution >= 4 is 97.9 Å². The number of ketones is 1. The first-order valence-electron chi connectivity index (χ1n) is 15.0. The fourth-order valence-electron chi connectivity index (χ4n) is 4.37. The molecular weight excluding hydrogens is 797 g/mol. The van der Waals surface area contributed by atoms with E-state index in [2.05, 4.69) is 61.2 Å². The van der Waals surface area contributed by atoms with Gasteiger partial charge in [0.05, 0.1) is 62.8 Å². The molecule has 0 aromatic carbocycles. The number of nitrogens with zero attached hydrogens (tertiary/aromatic N) is 8. The number of methoxy groups -OCH3 is 4. The number of nitrogens with one attached hydrogen (secondary N) is 2. The average molecular weight is 828 g/mol. The van der Waals surface area contributed by atoms with Crippen molar-refractivity contribution in [1.29, 1.82) is 0 Å². The molecule has 0 saturated carbocycles. The van der Waals surface area contributed by atoms with Gasteiger partial charge in [-0.15, -0.1) is 10.2 Å². The summed E-state index contributed by atoms with van der Waals surface area (Å²) in [6.07, 6.45) is 11.1. The number of H-pyrrole nitrogens is 2. The van der Waals surface area contributed by atoms with E-state index in [-0.39, 0.29) is 5.56 Å². The van der Waals surface area contributed by atoms with Crippen LogP contribution < -0.4 is 9.47 Å². The number of esters is 2. The first kappa shape index (κ1) is 42.6. The van der Waals surface area contributed by atoms with Crippen LogP contribution in [0.1, 0.15) is 35.9 Å². The van der Waals surface area contributed by atoms with E-state index in [1.165, 1.54) is 30.5 Å². The van der Waals surface area contributed by atoms with Gasteiger partial charge in [-0.1, -0.05) is 13.8 Å². The van der Waals surface area contributed by atoms with Crippen LogP contribution in [0.2, 0.25) is 0 Å². The summed E-state index contributed by atoms with van der Waals surface area (Å²) in [7, 11) is 20.2. The maximum absolute atomic E-state index is 12.2. The third kappa shape index (κ3) is 10.9. The second kappa shape index (κ2) is 20.5. The summed E-state index contributed by atoms with van der Waals surface area (Å²) in [6, 6.07) is 1.96. The molecule has 0 amide bonds. The lowest BCUT2D eigenvalue weighted by Crippen LogP contribution is -2.15. The van der Waals surface area contributed by atoms with Gasteiger partial charge in [-0.2, -0.15) is 0 Å². The predicted octanol–water partition coefficient (Wildman–Crippen LogP) is 4.40. The molecule has 0 saturated heterocycles. The molecule has 0 aliphatic carbocycles. The van der Waals surface area contributed by atoms with E-state index >= 15 is 0 Å². The predicted molar refractivity (Wildman–Crippen MR) is 196 cm³/mol. The number of ether oxygens (including phenoxy) is 4. The summed E-state index contributed by atoms with van der Waals surface area (Å²) >= 11 is 2.89. The van der Waals surface area contributed by atoms with Crippen molar-refractivity contribution in [2.24, 2.45) is 0 Å². The number of fused-ring (bicyclic) bond motifs is 2. The number of hydrogen-bond acceptors (Lipinski definition) is 14. The molecule has 0 spiro atoms. The molecule has 2 N–H and O–H groups in total. The van der Waals surface area contributed by atoms with Gasteiger partial charge in [0.2, 0.25) is 0 Å². The van der Waals surface area contributed by atoms with Crippen LogP contribution in [-0.2, 0) is 36.7 Å². The lowest BCUT2D eigenvalue weighted by Gasteiger charge is -2.07. The van der Waals surface area contributed by atoms with Crippen LogP contribution in [0, 0.1) is 0 Å². The Labute approximate surface area is 323 Å². The zero-order valence-electron chi connectivity index (χ0n) is 28.9. The van der Waals surface area contributed by atoms with E-state index in [0.717, 1.165) is 48.9 Å². The van der Waals surface area contributed by atoms with E-state index < -0.39 is 34.3 Å². The topological polar surface area (TPSA) is 224 Å². The van der Waals surface area contributed by atoms with Gasteiger partial charge in [-0.25, -0.2) is 69.0 Å². The van der Waals surface area contributed by atoms with Crippen LogP contribution >= 0.6 is 41.7 Å². The third-order valence-electron chi connectivity index (χ3n) is 6.74. The molecule has 0 aliphatic rings. The van der Waals surface area contributed by atoms with Gasteiger partial charge in [0, 0.05) is 30.6 Å². The molecular formula is C30H31AlCl4N10O8. The molecule has 6 heterocycles. The summed E-state index contributed by atoms with van der Waals surface area (Å²) < 4.78 is 22.1. The van der Waals surface area contributed by atoms with Gasteiger partial charge >= 0.3 is 28.6 Å². The number of pyridine rings is 2. The summed E-state index contributed by atoms with van der Waals surface area (Å²) in [4.78, 5) is 66.4. The zero-order chi connectivity index (χ0) is 39.2. The number of aryl methyl sites for hydroxylation is 2. The molecule has 53 heavy (non-hydrogen) atoms. The Kier molecular flexibility index (Phi) is 16.5. The number of rotatable bonds is 9. The monoisotopic (exact) mass is 826 g/mol. The Bertz CT molecular complexity index is 2180. The molecule has 0 bridgehead atoms. The summed E-state index contributed by atoms with van der Waals surface area (Å²) in [5, 5.41) is 9.01. The van der Waals surface area contributed by atoms with Crippen LogP contribution in [-0.4, -0.2) is 112 Å². The number of hydrogen-bond donors (Lipinski definition) is 2. The van der Waals surface area contributed by atoms with Gasteiger partial charge in [-0.3, -0.25) is 9.59 Å². The van der Waals surface area contributed by atoms with Crippen LogP contribution in [0.25, 0.3) is 33.4 Å². The number of carbonyl (C=O) groups is 4. The molecule has 0 fully saturated rings. The first-order chi connectivity index (χ1) is 25.3. The minimum absolute atomic E-state index is 0.146. The van der Waals surface area contributed by atoms with Crippen molar-refractivity contribution in [3.8, 4) is 23.1 Å². The number of aromatic nitrogens is 10. The molecule has 18 nitrogen and oxygen atoms in total. The van der Waals surface area contributed by atoms with Gasteiger partial charge < -0.3 is 28.9 Å². The van der Waals surface area contributed by atoms with E-state index in [0.29, 0.717) is 34.7 Å². The lowest BCUT2D eigenvalue weighted by atomic mass is 10.1. The van der Waals surface area contributed by atoms with Crippen molar-refractivity contribution in [1.82, 2.24) is 49.5 Å². The van der Waals surface area contributed by atoms with E-state index in [1.54, 1.807) is 24.3 Å². The second-order valence-electron chi connectivity index (χ2n) is 9.77. The third-order valence-corrected chi connectivity index (χ3v) is 6.89. The van der Waals surface area contributed by atoms with E-state index in [9.17, 15) is 19.2 Å². The SMILES string of the molecule is CCc1ncn(-c2ncc(OC)c3c(C(=O)C(=O)OC)c[nH]c23)n1.CCc1ncn(-c2ncc(OC)c3cc[nH]c23)n1.COC(=O)C(=O)Cl.[Cl][Al]([Cl])[Cl]. The van der Waals surface area contributed by atoms with Crippen molar-refractivity contribution in [2.75, 3.05) is 28.4 Å². The maximum Gasteiger partial charge on any atom is 0.643 e. The quantitative estimate of drug-likeness (QED) is 0.0678. The molecule has 280 valence electrons. The van der Waals surface area contributed by atoms with Crippen LogP contribution in [0.15, 0.2) is 43.5 Å². The Balaban J connectivity index is 0.000000228. The zero-order valence-corrected chi connectivity index (χ0v) is 33.1. The highest BCUT2D eigenvalue weighted by atomic mass is 35.8. The largest absolute Gasteiger partial charge is 0.643 e. The normalized spacial score (nSPS) is 10.2. The van der Waals surface area contributed by atoms with Crippen LogP contribution in [0.5, 0.6) is 11.5 Å². The number of Topliss-reactive ketones (excluding diaryl/α,β-unsaturated/α-hetero) is 1. The van der Waals surface area contributed by atoms with Gasteiger partial charge in [0.25, 0.3) is 5.78 Å². The minimum atomic E-state index is -1.72. The summed E-state index contributed by atoms with van der Waals surface area (Å²) in [6.45, 7) is 3.96. The van der Waals surface area contributed by atoms with Gasteiger partial charge in [0.15, 0.2) is 23.3 Å². The molecule has 0 radical (unpaired) electrons. The van der Waals surface area contributed by atoms with Crippen molar-refractivity contribution in [3.05, 3.63) is 60.7 Å². The molecule has 0 aliphatic heterocycles. The standard InChI is InChI=1S/C15H15N5O4.C12H13N5O.C3H3ClO3.Al.3ClH/c1-4-10-18-7-20(19-10)14-12-11(9(23-2)6-17-14)8(5-16-12)13(21)15(22)24-3;1-3-10-15-7-17(16-10)12-11-8(4-5-13-11)9(18-2)6-14-12;1-7-3(6)2(4)5;;;;/h5-7,16H,4H2,1-3H3;4-7,13H,3H2,1-2H3;1H3;;3*1H/q;;;+3;;;/p-3. The maximum atomic E-state index is 12.2. The highest BCUT2D eigenvalue weighted by molar-refractivity contribution is 7.54. The Morgan fingerprint density at radius 3 is 1.70 bits per heavy atom. The Morgan fingerprint density at radius 2 is 1.26 bits per heavy atom. The van der Waals surface area contributed by atoms with Crippen molar-refractivity contribution in [2.45, 2.75) is 26.7 Å². The van der Waals surface area contributed by atoms with Gasteiger partial charge in [0.1, 0.15) is 24.2 Å². The Hall–Kier alpha value is -4.77. The molecule has 0 unspecified atom stereocenters. The van der Waals surface area contributed by atoms with E-state index in [1.807, 2.05) is 26.1 Å². The van der Waals surface area contributed by atoms with Crippen molar-refractivity contribution < 1.29 is 38.1 Å². The lowest BCUT2D eigenvalue weighted by molar-refractivity contribution is -0.148. The summed E-state index contributed by atoms with van der Waals surface area (Å²) in [5.74, 6) is 0.985. The molecule has 0 atom stereocenters. The van der Waals surface area contributed by atoms with E-state index in [4.69, 9.17) is 39.6 Å². The molecule has 6 aromatic rings. The fourth-order valence-corrected chi connectivity index (χ4v) is 4.44. The second-order valence-corrected chi connectivity index (χ2v) is 16.5. The van der Waals surface area contributed by atoms with Crippen LogP contribution in [0.4, 0.5) is 0 Å². The highest BCUT2D eigenvalue weighted by Gasteiger charge is 2.25. The van der Waals surface area contributed by atoms with Crippen molar-refractivity contribution in [3.63, 3.8) is 0 Å². The fraction of sp³-hybridized carbons (Fsp3) is 0.267. The average Bonchev–Trinajstić information content (AvgIpc) is 4.00. The molecule has 6 rings (SSSR count). The number of aromatic amines is 2. The van der Waals surface area contributed by atoms with Crippen LogP contribution in [0.3, 0.4) is 0 Å². The Morgan fingerprint density at radius 1 is 0.755 bits per heavy atom. The molecule has 6 aromatic heterocycles. The number of halogens is 4.